The normalized spacial score (nSPS) is 19.8. The minimum absolute atomic E-state index is 0.0905. The van der Waals surface area contributed by atoms with E-state index in [1.807, 2.05) is 48.1 Å². The summed E-state index contributed by atoms with van der Waals surface area (Å²) in [6.45, 7) is 6.80. The van der Waals surface area contributed by atoms with E-state index in [9.17, 15) is 19.2 Å². The number of benzene rings is 3. The van der Waals surface area contributed by atoms with Crippen LogP contribution in [0.3, 0.4) is 0 Å². The second-order valence-corrected chi connectivity index (χ2v) is 16.2. The van der Waals surface area contributed by atoms with E-state index in [0.717, 1.165) is 102 Å². The Bertz CT molecular complexity index is 2550. The zero-order chi connectivity index (χ0) is 39.7. The SMILES string of the molecule is Cc1nnc2n1-c1ccc(-c3cnn(CCCCN4CCN(c5cccc6c5C(=O)N(C5CCC(=O)NC5=O)C6=O)CC4)c3)cc1C(c1ccc(Cl)cc1)=NC21CC1. The van der Waals surface area contributed by atoms with Crippen molar-refractivity contribution in [3.05, 3.63) is 112 Å². The molecule has 0 radical (unpaired) electrons. The topological polar surface area (TPSA) is 151 Å². The zero-order valence-corrected chi connectivity index (χ0v) is 32.8. The van der Waals surface area contributed by atoms with Crippen molar-refractivity contribution in [1.82, 2.24) is 39.7 Å². The quantitative estimate of drug-likeness (QED) is 0.162. The summed E-state index contributed by atoms with van der Waals surface area (Å²) in [5.41, 5.74) is 7.06. The number of imide groups is 2. The lowest BCUT2D eigenvalue weighted by Crippen LogP contribution is -2.54. The first-order valence-corrected chi connectivity index (χ1v) is 20.3. The Hall–Kier alpha value is -5.99. The molecule has 58 heavy (non-hydrogen) atoms. The van der Waals surface area contributed by atoms with Gasteiger partial charge in [-0.05, 0) is 87.5 Å². The van der Waals surface area contributed by atoms with Crippen LogP contribution in [0.25, 0.3) is 16.8 Å². The molecule has 2 aromatic heterocycles. The number of carbonyl (C=O) groups excluding carboxylic acids is 4. The molecule has 6 heterocycles. The van der Waals surface area contributed by atoms with Crippen LogP contribution in [0.1, 0.15) is 82.0 Å². The van der Waals surface area contributed by atoms with E-state index < -0.39 is 23.8 Å². The van der Waals surface area contributed by atoms with E-state index in [4.69, 9.17) is 21.7 Å². The molecule has 10 rings (SSSR count). The number of amides is 4. The fourth-order valence-corrected chi connectivity index (χ4v) is 9.00. The van der Waals surface area contributed by atoms with Crippen LogP contribution < -0.4 is 10.2 Å². The molecule has 1 saturated carbocycles. The van der Waals surface area contributed by atoms with Crippen molar-refractivity contribution in [2.45, 2.75) is 63.6 Å². The zero-order valence-electron chi connectivity index (χ0n) is 32.0. The second-order valence-electron chi connectivity index (χ2n) is 15.8. The molecule has 5 aromatic rings. The van der Waals surface area contributed by atoms with E-state index in [0.29, 0.717) is 34.9 Å². The molecule has 0 bridgehead atoms. The van der Waals surface area contributed by atoms with Crippen molar-refractivity contribution in [1.29, 1.82) is 0 Å². The van der Waals surface area contributed by atoms with Crippen molar-refractivity contribution >= 4 is 46.6 Å². The first-order valence-electron chi connectivity index (χ1n) is 20.0. The number of anilines is 1. The summed E-state index contributed by atoms with van der Waals surface area (Å²) in [6.07, 6.45) is 8.10. The number of carbonyl (C=O) groups is 4. The molecule has 1 aliphatic carbocycles. The van der Waals surface area contributed by atoms with E-state index >= 15 is 0 Å². The van der Waals surface area contributed by atoms with E-state index in [2.05, 4.69) is 54.3 Å². The van der Waals surface area contributed by atoms with E-state index in [1.165, 1.54) is 0 Å². The Morgan fingerprint density at radius 3 is 2.38 bits per heavy atom. The summed E-state index contributed by atoms with van der Waals surface area (Å²) in [7, 11) is 0. The monoisotopic (exact) mass is 796 g/mol. The Balaban J connectivity index is 0.776. The second kappa shape index (κ2) is 14.1. The third kappa shape index (κ3) is 6.22. The minimum Gasteiger partial charge on any atom is -0.368 e. The number of aliphatic imine (C=N–C) groups is 1. The van der Waals surface area contributed by atoms with Gasteiger partial charge in [0, 0.05) is 67.1 Å². The number of piperazine rings is 1. The number of nitrogens with one attached hydrogen (secondary N) is 1. The fourth-order valence-electron chi connectivity index (χ4n) is 8.88. The van der Waals surface area contributed by atoms with Gasteiger partial charge in [0.25, 0.3) is 11.8 Å². The van der Waals surface area contributed by atoms with Gasteiger partial charge in [0.05, 0.1) is 34.4 Å². The van der Waals surface area contributed by atoms with Crippen LogP contribution in [0.5, 0.6) is 0 Å². The summed E-state index contributed by atoms with van der Waals surface area (Å²) >= 11 is 6.29. The van der Waals surface area contributed by atoms with Crippen molar-refractivity contribution in [3.63, 3.8) is 0 Å². The standard InChI is InChI=1S/C43H41ClN10O4/c1-26-48-49-42-43(15-16-43)47-38(27-7-10-30(44)11-8-27)32-23-28(9-12-33(32)53(26)42)29-24-45-52(25-29)18-3-2-17-50-19-21-51(22-20-50)34-6-4-5-31-37(34)41(58)54(40(31)57)35-13-14-36(55)46-39(35)56/h4-12,23-25,35H,2-3,13-22H2,1H3,(H,46,55,56). The number of hydrogen-bond acceptors (Lipinski definition) is 10. The number of nitrogens with zero attached hydrogens (tertiary/aromatic N) is 9. The molecule has 4 amide bonds. The molecule has 294 valence electrons. The Morgan fingerprint density at radius 1 is 0.828 bits per heavy atom. The summed E-state index contributed by atoms with van der Waals surface area (Å²) in [5, 5.41) is 16.7. The lowest BCUT2D eigenvalue weighted by atomic mass is 9.96. The molecule has 1 atom stereocenters. The Kier molecular flexibility index (Phi) is 8.86. The van der Waals surface area contributed by atoms with Crippen molar-refractivity contribution in [2.24, 2.45) is 4.99 Å². The number of aryl methyl sites for hydroxylation is 2. The molecule has 14 nitrogen and oxygen atoms in total. The van der Waals surface area contributed by atoms with Gasteiger partial charge in [0.2, 0.25) is 11.8 Å². The van der Waals surface area contributed by atoms with Gasteiger partial charge in [-0.25, -0.2) is 0 Å². The van der Waals surface area contributed by atoms with Gasteiger partial charge in [0.15, 0.2) is 5.82 Å². The molecule has 2 saturated heterocycles. The maximum absolute atomic E-state index is 13.6. The molecule has 3 aromatic carbocycles. The highest BCUT2D eigenvalue weighted by molar-refractivity contribution is 6.30. The highest BCUT2D eigenvalue weighted by atomic mass is 35.5. The number of aromatic nitrogens is 5. The maximum Gasteiger partial charge on any atom is 0.264 e. The molecular formula is C43H41ClN10O4. The number of unbranched alkanes of at least 4 members (excludes halogenated alkanes) is 1. The highest BCUT2D eigenvalue weighted by Gasteiger charge is 2.51. The largest absolute Gasteiger partial charge is 0.368 e. The fraction of sp³-hybridized carbons (Fsp3) is 0.349. The Labute approximate surface area is 339 Å². The lowest BCUT2D eigenvalue weighted by molar-refractivity contribution is -0.136. The molecule has 5 aliphatic rings. The Morgan fingerprint density at radius 2 is 1.60 bits per heavy atom. The summed E-state index contributed by atoms with van der Waals surface area (Å²) in [5.74, 6) is -0.216. The van der Waals surface area contributed by atoms with Crippen LogP contribution in [0.4, 0.5) is 5.69 Å². The van der Waals surface area contributed by atoms with Crippen LogP contribution in [-0.4, -0.2) is 102 Å². The smallest absolute Gasteiger partial charge is 0.264 e. The first-order chi connectivity index (χ1) is 28.2. The number of piperidine rings is 1. The van der Waals surface area contributed by atoms with Crippen LogP contribution in [-0.2, 0) is 21.7 Å². The van der Waals surface area contributed by atoms with Gasteiger partial charge in [0.1, 0.15) is 17.4 Å². The number of fused-ring (bicyclic) bond motifs is 5. The van der Waals surface area contributed by atoms with Crippen LogP contribution in [0.15, 0.2) is 78.0 Å². The van der Waals surface area contributed by atoms with Gasteiger partial charge in [-0.3, -0.25) is 48.5 Å². The number of hydrogen-bond donors (Lipinski definition) is 1. The predicted molar refractivity (Wildman–Crippen MR) is 216 cm³/mol. The molecule has 4 aliphatic heterocycles. The van der Waals surface area contributed by atoms with Gasteiger partial charge < -0.3 is 4.90 Å². The average Bonchev–Trinajstić information content (AvgIpc) is 3.58. The number of rotatable bonds is 9. The summed E-state index contributed by atoms with van der Waals surface area (Å²) in [4.78, 5) is 62.2. The van der Waals surface area contributed by atoms with Crippen LogP contribution in [0, 0.1) is 6.92 Å². The predicted octanol–water partition coefficient (Wildman–Crippen LogP) is 4.94. The third-order valence-corrected chi connectivity index (χ3v) is 12.4. The van der Waals surface area contributed by atoms with Gasteiger partial charge >= 0.3 is 0 Å². The highest BCUT2D eigenvalue weighted by Crippen LogP contribution is 2.52. The molecule has 3 fully saturated rings. The van der Waals surface area contributed by atoms with Gasteiger partial charge in [-0.15, -0.1) is 10.2 Å². The summed E-state index contributed by atoms with van der Waals surface area (Å²) < 4.78 is 4.18. The van der Waals surface area contributed by atoms with E-state index in [1.54, 1.807) is 12.1 Å². The molecule has 15 heteroatoms. The van der Waals surface area contributed by atoms with Gasteiger partial charge in [-0.2, -0.15) is 5.10 Å². The van der Waals surface area contributed by atoms with Crippen molar-refractivity contribution < 1.29 is 19.2 Å². The van der Waals surface area contributed by atoms with Crippen molar-refractivity contribution in [3.8, 4) is 16.8 Å². The average molecular weight is 797 g/mol. The first kappa shape index (κ1) is 36.4. The third-order valence-electron chi connectivity index (χ3n) is 12.1. The minimum atomic E-state index is -0.982. The van der Waals surface area contributed by atoms with Crippen LogP contribution in [0.2, 0.25) is 5.02 Å². The maximum atomic E-state index is 13.6. The lowest BCUT2D eigenvalue weighted by Gasteiger charge is -2.36. The van der Waals surface area contributed by atoms with Crippen molar-refractivity contribution in [2.75, 3.05) is 37.6 Å². The molecule has 1 spiro atoms. The number of halogens is 1. The van der Waals surface area contributed by atoms with Crippen LogP contribution >= 0.6 is 11.6 Å². The summed E-state index contributed by atoms with van der Waals surface area (Å²) in [6, 6.07) is 18.7. The van der Waals surface area contributed by atoms with E-state index in [-0.39, 0.29) is 24.3 Å². The molecule has 1 unspecified atom stereocenters. The van der Waals surface area contributed by atoms with Gasteiger partial charge in [-0.1, -0.05) is 35.9 Å². The molecule has 1 N–H and O–H groups in total. The molecular weight excluding hydrogens is 756 g/mol.